The third-order valence-corrected chi connectivity index (χ3v) is 3.75. The number of methoxy groups -OCH3 is 1. The van der Waals surface area contributed by atoms with E-state index in [4.69, 9.17) is 10.5 Å². The van der Waals surface area contributed by atoms with Gasteiger partial charge < -0.3 is 10.5 Å². The van der Waals surface area contributed by atoms with E-state index in [0.29, 0.717) is 11.3 Å². The number of nitrogens with two attached hydrogens (primary N) is 1. The maximum absolute atomic E-state index is 11.6. The number of nitrogen functional groups attached to an aromatic ring is 1. The zero-order valence-electron chi connectivity index (χ0n) is 10.8. The molecule has 19 heavy (non-hydrogen) atoms. The molecule has 0 aliphatic carbocycles. The number of anilines is 1. The van der Waals surface area contributed by atoms with Crippen LogP contribution in [0.3, 0.4) is 0 Å². The number of para-hydroxylation sites is 1. The summed E-state index contributed by atoms with van der Waals surface area (Å²) in [6.45, 7) is 2.04. The Bertz CT molecular complexity index is 611. The van der Waals surface area contributed by atoms with E-state index < -0.39 is 5.97 Å². The minimum Gasteiger partial charge on any atom is -0.465 e. The van der Waals surface area contributed by atoms with E-state index in [1.807, 2.05) is 31.2 Å². The monoisotopic (exact) mass is 273 g/mol. The first-order chi connectivity index (χ1) is 9.11. The van der Waals surface area contributed by atoms with Crippen LogP contribution in [0.25, 0.3) is 0 Å². The van der Waals surface area contributed by atoms with Gasteiger partial charge in [0.25, 0.3) is 0 Å². The first-order valence-corrected chi connectivity index (χ1v) is 6.65. The number of esters is 1. The zero-order chi connectivity index (χ0) is 13.8. The van der Waals surface area contributed by atoms with Crippen LogP contribution in [0, 0.1) is 6.92 Å². The van der Waals surface area contributed by atoms with Gasteiger partial charge in [0.1, 0.15) is 0 Å². The number of aryl methyl sites for hydroxylation is 1. The number of rotatable bonds is 3. The topological polar surface area (TPSA) is 52.3 Å². The molecule has 98 valence electrons. The molecule has 0 spiro atoms. The average molecular weight is 273 g/mol. The number of carbonyl (C=O) groups excluding carboxylic acids is 1. The fourth-order valence-corrected chi connectivity index (χ4v) is 2.74. The molecule has 2 aromatic carbocycles. The summed E-state index contributed by atoms with van der Waals surface area (Å²) in [6, 6.07) is 13.5. The van der Waals surface area contributed by atoms with Gasteiger partial charge >= 0.3 is 5.97 Å². The average Bonchev–Trinajstić information content (AvgIpc) is 2.40. The standard InChI is InChI=1S/C15H15NO2S/c1-10-5-3-6-11(9-10)19-13-8-4-7-12(14(13)16)15(17)18-2/h3-9H,16H2,1-2H3. The zero-order valence-corrected chi connectivity index (χ0v) is 11.7. The Morgan fingerprint density at radius 2 is 1.95 bits per heavy atom. The van der Waals surface area contributed by atoms with Crippen molar-refractivity contribution in [3.05, 3.63) is 53.6 Å². The van der Waals surface area contributed by atoms with Crippen LogP contribution in [0.4, 0.5) is 5.69 Å². The van der Waals surface area contributed by atoms with E-state index in [0.717, 1.165) is 9.79 Å². The summed E-state index contributed by atoms with van der Waals surface area (Å²) in [5.41, 5.74) is 8.07. The molecule has 0 radical (unpaired) electrons. The van der Waals surface area contributed by atoms with Crippen molar-refractivity contribution in [3.8, 4) is 0 Å². The Balaban J connectivity index is 2.33. The molecule has 0 fully saturated rings. The molecular formula is C15H15NO2S. The van der Waals surface area contributed by atoms with Gasteiger partial charge in [0.15, 0.2) is 0 Å². The fraction of sp³-hybridized carbons (Fsp3) is 0.133. The van der Waals surface area contributed by atoms with Gasteiger partial charge in [-0.15, -0.1) is 0 Å². The largest absolute Gasteiger partial charge is 0.465 e. The van der Waals surface area contributed by atoms with Crippen molar-refractivity contribution in [3.63, 3.8) is 0 Å². The van der Waals surface area contributed by atoms with E-state index in [1.165, 1.54) is 24.4 Å². The maximum atomic E-state index is 11.6. The smallest absolute Gasteiger partial charge is 0.339 e. The second kappa shape index (κ2) is 5.80. The van der Waals surface area contributed by atoms with Crippen molar-refractivity contribution < 1.29 is 9.53 Å². The summed E-state index contributed by atoms with van der Waals surface area (Å²) in [6.07, 6.45) is 0. The Labute approximate surface area is 116 Å². The molecule has 0 saturated carbocycles. The fourth-order valence-electron chi connectivity index (χ4n) is 1.73. The summed E-state index contributed by atoms with van der Waals surface area (Å²) >= 11 is 1.54. The third-order valence-electron chi connectivity index (χ3n) is 2.69. The van der Waals surface area contributed by atoms with Gasteiger partial charge in [-0.1, -0.05) is 35.5 Å². The molecule has 2 N–H and O–H groups in total. The number of carbonyl (C=O) groups is 1. The van der Waals surface area contributed by atoms with Crippen molar-refractivity contribution in [1.29, 1.82) is 0 Å². The van der Waals surface area contributed by atoms with Crippen LogP contribution in [-0.2, 0) is 4.74 Å². The van der Waals surface area contributed by atoms with Gasteiger partial charge in [0, 0.05) is 9.79 Å². The van der Waals surface area contributed by atoms with Crippen LogP contribution in [0.5, 0.6) is 0 Å². The van der Waals surface area contributed by atoms with E-state index in [9.17, 15) is 4.79 Å². The van der Waals surface area contributed by atoms with E-state index in [-0.39, 0.29) is 0 Å². The van der Waals surface area contributed by atoms with Crippen molar-refractivity contribution in [2.45, 2.75) is 16.7 Å². The molecular weight excluding hydrogens is 258 g/mol. The molecule has 0 aromatic heterocycles. The van der Waals surface area contributed by atoms with E-state index in [1.54, 1.807) is 12.1 Å². The normalized spacial score (nSPS) is 10.2. The Morgan fingerprint density at radius 1 is 1.21 bits per heavy atom. The van der Waals surface area contributed by atoms with Gasteiger partial charge in [-0.25, -0.2) is 4.79 Å². The first-order valence-electron chi connectivity index (χ1n) is 5.83. The van der Waals surface area contributed by atoms with Crippen molar-refractivity contribution in [2.75, 3.05) is 12.8 Å². The summed E-state index contributed by atoms with van der Waals surface area (Å²) in [5.74, 6) is -0.413. The van der Waals surface area contributed by atoms with Crippen LogP contribution in [0.1, 0.15) is 15.9 Å². The molecule has 4 heteroatoms. The lowest BCUT2D eigenvalue weighted by Gasteiger charge is -2.09. The molecule has 0 bridgehead atoms. The van der Waals surface area contributed by atoms with E-state index in [2.05, 4.69) is 6.07 Å². The number of hydrogen-bond donors (Lipinski definition) is 1. The molecule has 0 amide bonds. The SMILES string of the molecule is COC(=O)c1cccc(Sc2cccc(C)c2)c1N. The maximum Gasteiger partial charge on any atom is 0.339 e. The number of benzene rings is 2. The van der Waals surface area contributed by atoms with Gasteiger partial charge in [0.05, 0.1) is 18.4 Å². The highest BCUT2D eigenvalue weighted by Crippen LogP contribution is 2.34. The minimum absolute atomic E-state index is 0.403. The number of hydrogen-bond acceptors (Lipinski definition) is 4. The lowest BCUT2D eigenvalue weighted by Crippen LogP contribution is -2.06. The lowest BCUT2D eigenvalue weighted by atomic mass is 10.2. The van der Waals surface area contributed by atoms with Crippen molar-refractivity contribution >= 4 is 23.4 Å². The molecule has 0 heterocycles. The van der Waals surface area contributed by atoms with Crippen molar-refractivity contribution in [1.82, 2.24) is 0 Å². The summed E-state index contributed by atoms with van der Waals surface area (Å²) in [5, 5.41) is 0. The van der Waals surface area contributed by atoms with Gasteiger partial charge in [-0.05, 0) is 31.2 Å². The third kappa shape index (κ3) is 3.09. The quantitative estimate of drug-likeness (QED) is 0.686. The summed E-state index contributed by atoms with van der Waals surface area (Å²) < 4.78 is 4.71. The van der Waals surface area contributed by atoms with Crippen LogP contribution in [-0.4, -0.2) is 13.1 Å². The van der Waals surface area contributed by atoms with E-state index >= 15 is 0 Å². The minimum atomic E-state index is -0.413. The van der Waals surface area contributed by atoms with Crippen LogP contribution >= 0.6 is 11.8 Å². The van der Waals surface area contributed by atoms with Crippen LogP contribution in [0.2, 0.25) is 0 Å². The summed E-state index contributed by atoms with van der Waals surface area (Å²) in [4.78, 5) is 13.5. The molecule has 2 rings (SSSR count). The van der Waals surface area contributed by atoms with Crippen LogP contribution in [0.15, 0.2) is 52.3 Å². The lowest BCUT2D eigenvalue weighted by molar-refractivity contribution is 0.0601. The van der Waals surface area contributed by atoms with Crippen molar-refractivity contribution in [2.24, 2.45) is 0 Å². The molecule has 0 aliphatic rings. The molecule has 0 saturated heterocycles. The Morgan fingerprint density at radius 3 is 2.63 bits per heavy atom. The highest BCUT2D eigenvalue weighted by molar-refractivity contribution is 7.99. The highest BCUT2D eigenvalue weighted by atomic mass is 32.2. The van der Waals surface area contributed by atoms with Gasteiger partial charge in [-0.3, -0.25) is 0 Å². The second-order valence-electron chi connectivity index (χ2n) is 4.13. The van der Waals surface area contributed by atoms with Gasteiger partial charge in [-0.2, -0.15) is 0 Å². The molecule has 0 unspecified atom stereocenters. The molecule has 2 aromatic rings. The number of ether oxygens (including phenoxy) is 1. The second-order valence-corrected chi connectivity index (χ2v) is 5.24. The Hall–Kier alpha value is -1.94. The molecule has 0 aliphatic heterocycles. The molecule has 0 atom stereocenters. The first kappa shape index (κ1) is 13.5. The van der Waals surface area contributed by atoms with Crippen LogP contribution < -0.4 is 5.73 Å². The predicted molar refractivity (Wildman–Crippen MR) is 77.5 cm³/mol. The Kier molecular flexibility index (Phi) is 4.12. The van der Waals surface area contributed by atoms with Gasteiger partial charge in [0.2, 0.25) is 0 Å². The highest BCUT2D eigenvalue weighted by Gasteiger charge is 2.13. The summed E-state index contributed by atoms with van der Waals surface area (Å²) in [7, 11) is 1.35. The molecule has 3 nitrogen and oxygen atoms in total. The predicted octanol–water partition coefficient (Wildman–Crippen LogP) is 3.52.